The van der Waals surface area contributed by atoms with Crippen molar-refractivity contribution < 1.29 is 12.8 Å². The van der Waals surface area contributed by atoms with E-state index in [9.17, 15) is 8.42 Å². The van der Waals surface area contributed by atoms with E-state index in [-0.39, 0.29) is 18.0 Å². The van der Waals surface area contributed by atoms with E-state index in [1.807, 2.05) is 37.3 Å². The first-order valence-corrected chi connectivity index (χ1v) is 12.6. The molecule has 0 saturated heterocycles. The Hall–Kier alpha value is -3.19. The summed E-state index contributed by atoms with van der Waals surface area (Å²) >= 11 is 6.00. The molecule has 0 N–H and O–H groups in total. The Morgan fingerprint density at radius 3 is 2.32 bits per heavy atom. The van der Waals surface area contributed by atoms with Gasteiger partial charge in [0.1, 0.15) is 11.5 Å². The summed E-state index contributed by atoms with van der Waals surface area (Å²) in [5, 5.41) is 0.597. The van der Waals surface area contributed by atoms with Crippen LogP contribution in [0.3, 0.4) is 0 Å². The van der Waals surface area contributed by atoms with Crippen LogP contribution in [0, 0.1) is 13.8 Å². The molecule has 0 saturated carbocycles. The molecule has 1 aromatic heterocycles. The number of furan rings is 1. The number of hydrogen-bond donors (Lipinski definition) is 0. The van der Waals surface area contributed by atoms with Crippen LogP contribution in [0.5, 0.6) is 0 Å². The number of nitrogens with zero attached hydrogens (tertiary/aromatic N) is 2. The quantitative estimate of drug-likeness (QED) is 0.257. The monoisotopic (exact) mass is 492 g/mol. The fourth-order valence-corrected chi connectivity index (χ4v) is 4.97. The zero-order valence-electron chi connectivity index (χ0n) is 19.0. The van der Waals surface area contributed by atoms with Crippen LogP contribution in [-0.2, 0) is 23.1 Å². The molecule has 1 heterocycles. The summed E-state index contributed by atoms with van der Waals surface area (Å²) in [6.07, 6.45) is 1.64. The van der Waals surface area contributed by atoms with Gasteiger partial charge in [-0.25, -0.2) is 8.42 Å². The number of aryl methyl sites for hydroxylation is 2. The Labute approximate surface area is 205 Å². The maximum atomic E-state index is 13.4. The Kier molecular flexibility index (Phi) is 7.32. The molecule has 0 atom stereocenters. The molecular weight excluding hydrogens is 468 g/mol. The second-order valence-corrected chi connectivity index (χ2v) is 10.4. The predicted molar refractivity (Wildman–Crippen MR) is 136 cm³/mol. The largest absolute Gasteiger partial charge is 0.459 e. The van der Waals surface area contributed by atoms with E-state index in [0.29, 0.717) is 16.5 Å². The third kappa shape index (κ3) is 5.83. The molecule has 0 bridgehead atoms. The lowest BCUT2D eigenvalue weighted by Gasteiger charge is -2.21. The predicted octanol–water partition coefficient (Wildman–Crippen LogP) is 6.69. The second-order valence-electron chi connectivity index (χ2n) is 8.04. The Morgan fingerprint density at radius 1 is 0.882 bits per heavy atom. The molecule has 174 valence electrons. The molecule has 0 fully saturated rings. The lowest BCUT2D eigenvalue weighted by atomic mass is 10.1. The summed E-state index contributed by atoms with van der Waals surface area (Å²) in [5.41, 5.74) is 4.03. The van der Waals surface area contributed by atoms with Gasteiger partial charge in [-0.05, 0) is 79.1 Å². The van der Waals surface area contributed by atoms with Gasteiger partial charge in [0.2, 0.25) is 10.0 Å². The van der Waals surface area contributed by atoms with Crippen LogP contribution in [0.4, 0.5) is 5.69 Å². The zero-order valence-corrected chi connectivity index (χ0v) is 20.6. The SMILES string of the molecule is Cc1ccc(N=Cc2ccc(CN(Cc3ccc(Cl)cc3)S(=O)(=O)c3ccccc3)o2)cc1C. The van der Waals surface area contributed by atoms with E-state index in [0.717, 1.165) is 11.3 Å². The van der Waals surface area contributed by atoms with Crippen LogP contribution in [0.2, 0.25) is 5.02 Å². The van der Waals surface area contributed by atoms with Gasteiger partial charge in [-0.1, -0.05) is 48.0 Å². The maximum Gasteiger partial charge on any atom is 0.243 e. The van der Waals surface area contributed by atoms with Crippen molar-refractivity contribution in [1.82, 2.24) is 4.31 Å². The Bertz CT molecular complexity index is 1400. The first kappa shape index (κ1) is 24.0. The highest BCUT2D eigenvalue weighted by atomic mass is 35.5. The van der Waals surface area contributed by atoms with Crippen molar-refractivity contribution in [3.63, 3.8) is 0 Å². The molecule has 0 aliphatic carbocycles. The number of sulfonamides is 1. The third-order valence-corrected chi connectivity index (χ3v) is 7.56. The molecule has 5 nitrogen and oxygen atoms in total. The van der Waals surface area contributed by atoms with Crippen LogP contribution in [0.25, 0.3) is 0 Å². The summed E-state index contributed by atoms with van der Waals surface area (Å²) in [6, 6.07) is 25.1. The second kappa shape index (κ2) is 10.4. The van der Waals surface area contributed by atoms with Crippen LogP contribution >= 0.6 is 11.6 Å². The molecule has 0 amide bonds. The van der Waals surface area contributed by atoms with Gasteiger partial charge in [-0.2, -0.15) is 4.31 Å². The number of halogens is 1. The minimum Gasteiger partial charge on any atom is -0.459 e. The van der Waals surface area contributed by atoms with Gasteiger partial charge in [-0.3, -0.25) is 4.99 Å². The minimum absolute atomic E-state index is 0.0807. The maximum absolute atomic E-state index is 13.4. The highest BCUT2D eigenvalue weighted by Gasteiger charge is 2.26. The molecule has 7 heteroatoms. The fraction of sp³-hybridized carbons (Fsp3) is 0.148. The van der Waals surface area contributed by atoms with Crippen molar-refractivity contribution in [2.24, 2.45) is 4.99 Å². The number of hydrogen-bond acceptors (Lipinski definition) is 4. The molecule has 0 spiro atoms. The van der Waals surface area contributed by atoms with Gasteiger partial charge in [0, 0.05) is 11.6 Å². The Morgan fingerprint density at radius 2 is 1.62 bits per heavy atom. The molecular formula is C27H25ClN2O3S. The van der Waals surface area contributed by atoms with Gasteiger partial charge < -0.3 is 4.42 Å². The van der Waals surface area contributed by atoms with Gasteiger partial charge in [0.25, 0.3) is 0 Å². The number of aliphatic imine (C=N–C) groups is 1. The van der Waals surface area contributed by atoms with Crippen molar-refractivity contribution in [3.8, 4) is 0 Å². The number of benzene rings is 3. The zero-order chi connectivity index (χ0) is 24.1. The van der Waals surface area contributed by atoms with E-state index >= 15 is 0 Å². The molecule has 0 unspecified atom stereocenters. The number of rotatable bonds is 8. The summed E-state index contributed by atoms with van der Waals surface area (Å²) < 4.78 is 34.1. The van der Waals surface area contributed by atoms with Crippen molar-refractivity contribution in [1.29, 1.82) is 0 Å². The highest BCUT2D eigenvalue weighted by molar-refractivity contribution is 7.89. The summed E-state index contributed by atoms with van der Waals surface area (Å²) in [5.74, 6) is 1.08. The summed E-state index contributed by atoms with van der Waals surface area (Å²) in [7, 11) is -3.76. The first-order chi connectivity index (χ1) is 16.3. The molecule has 0 aliphatic heterocycles. The standard InChI is InChI=1S/C27H25ClN2O3S/c1-20-8-13-24(16-21(20)2)29-17-25-14-15-26(33-25)19-30(18-22-9-11-23(28)12-10-22)34(31,32)27-6-4-3-5-7-27/h3-17H,18-19H2,1-2H3. The average molecular weight is 493 g/mol. The van der Waals surface area contributed by atoms with Crippen molar-refractivity contribution >= 4 is 33.5 Å². The molecule has 4 rings (SSSR count). The highest BCUT2D eigenvalue weighted by Crippen LogP contribution is 2.23. The summed E-state index contributed by atoms with van der Waals surface area (Å²) in [6.45, 7) is 4.36. The average Bonchev–Trinajstić information content (AvgIpc) is 3.29. The topological polar surface area (TPSA) is 62.9 Å². The van der Waals surface area contributed by atoms with E-state index in [4.69, 9.17) is 16.0 Å². The third-order valence-electron chi connectivity index (χ3n) is 5.50. The lowest BCUT2D eigenvalue weighted by Crippen LogP contribution is -2.30. The van der Waals surface area contributed by atoms with Gasteiger partial charge in [0.15, 0.2) is 0 Å². The molecule has 34 heavy (non-hydrogen) atoms. The van der Waals surface area contributed by atoms with Crippen molar-refractivity contribution in [2.45, 2.75) is 31.8 Å². The van der Waals surface area contributed by atoms with Crippen LogP contribution in [-0.4, -0.2) is 18.9 Å². The molecule has 3 aromatic carbocycles. The van der Waals surface area contributed by atoms with Crippen LogP contribution in [0.15, 0.2) is 99.2 Å². The fourth-order valence-electron chi connectivity index (χ4n) is 3.43. The van der Waals surface area contributed by atoms with Crippen LogP contribution in [0.1, 0.15) is 28.2 Å². The van der Waals surface area contributed by atoms with Gasteiger partial charge >= 0.3 is 0 Å². The molecule has 4 aromatic rings. The van der Waals surface area contributed by atoms with Crippen molar-refractivity contribution in [3.05, 3.63) is 118 Å². The smallest absolute Gasteiger partial charge is 0.243 e. The minimum atomic E-state index is -3.76. The van der Waals surface area contributed by atoms with E-state index in [1.165, 1.54) is 15.4 Å². The Balaban J connectivity index is 1.57. The molecule has 0 radical (unpaired) electrons. The van der Waals surface area contributed by atoms with Crippen molar-refractivity contribution in [2.75, 3.05) is 0 Å². The molecule has 0 aliphatic rings. The van der Waals surface area contributed by atoms with Gasteiger partial charge in [-0.15, -0.1) is 0 Å². The van der Waals surface area contributed by atoms with E-state index in [2.05, 4.69) is 11.9 Å². The van der Waals surface area contributed by atoms with E-state index < -0.39 is 10.0 Å². The summed E-state index contributed by atoms with van der Waals surface area (Å²) in [4.78, 5) is 4.71. The lowest BCUT2D eigenvalue weighted by molar-refractivity contribution is 0.357. The normalized spacial score (nSPS) is 12.0. The van der Waals surface area contributed by atoms with Gasteiger partial charge in [0.05, 0.1) is 23.3 Å². The van der Waals surface area contributed by atoms with E-state index in [1.54, 1.807) is 60.8 Å². The van der Waals surface area contributed by atoms with Crippen LogP contribution < -0.4 is 0 Å². The first-order valence-electron chi connectivity index (χ1n) is 10.8.